The second-order valence-electron chi connectivity index (χ2n) is 4.40. The Labute approximate surface area is 118 Å². The van der Waals surface area contributed by atoms with Crippen molar-refractivity contribution >= 4 is 11.8 Å². The highest BCUT2D eigenvalue weighted by Gasteiger charge is 2.12. The van der Waals surface area contributed by atoms with Crippen LogP contribution < -0.4 is 5.32 Å². The predicted molar refractivity (Wildman–Crippen MR) is 82.5 cm³/mol. The van der Waals surface area contributed by atoms with Crippen LogP contribution in [0.15, 0.2) is 54.6 Å². The predicted octanol–water partition coefficient (Wildman–Crippen LogP) is 3.59. The number of nitrogens with one attached hydrogen (secondary N) is 1. The molecule has 0 unspecified atom stereocenters. The lowest BCUT2D eigenvalue weighted by Crippen LogP contribution is -2.18. The van der Waals surface area contributed by atoms with Crippen LogP contribution in [-0.4, -0.2) is 17.9 Å². The zero-order valence-corrected chi connectivity index (χ0v) is 11.9. The Hall–Kier alpha value is -1.45. The molecule has 100 valence electrons. The fourth-order valence-corrected chi connectivity index (χ4v) is 3.11. The molecule has 19 heavy (non-hydrogen) atoms. The summed E-state index contributed by atoms with van der Waals surface area (Å²) in [6.45, 7) is 0. The van der Waals surface area contributed by atoms with Crippen molar-refractivity contribution < 1.29 is 5.11 Å². The summed E-state index contributed by atoms with van der Waals surface area (Å²) in [7, 11) is 1.93. The first-order valence-corrected chi connectivity index (χ1v) is 7.53. The summed E-state index contributed by atoms with van der Waals surface area (Å²) in [6.07, 6.45) is 0. The Morgan fingerprint density at radius 3 is 2.42 bits per heavy atom. The number of hydrogen-bond donors (Lipinski definition) is 2. The Kier molecular flexibility index (Phi) is 5.31. The molecule has 0 aliphatic heterocycles. The van der Waals surface area contributed by atoms with E-state index in [0.717, 1.165) is 17.1 Å². The Morgan fingerprint density at radius 1 is 1.05 bits per heavy atom. The van der Waals surface area contributed by atoms with Gasteiger partial charge in [-0.15, -0.1) is 0 Å². The average Bonchev–Trinajstić information content (AvgIpc) is 2.46. The third-order valence-corrected chi connectivity index (χ3v) is 4.16. The van der Waals surface area contributed by atoms with E-state index in [1.807, 2.05) is 43.1 Å². The summed E-state index contributed by atoms with van der Waals surface area (Å²) in [5.41, 5.74) is 2.30. The molecular formula is C16H19NOS. The van der Waals surface area contributed by atoms with Gasteiger partial charge in [0, 0.05) is 23.1 Å². The fourth-order valence-electron chi connectivity index (χ4n) is 1.98. The van der Waals surface area contributed by atoms with Crippen molar-refractivity contribution in [3.05, 3.63) is 65.7 Å². The molecule has 2 aromatic rings. The van der Waals surface area contributed by atoms with Crippen molar-refractivity contribution in [1.29, 1.82) is 0 Å². The maximum atomic E-state index is 9.88. The first-order valence-electron chi connectivity index (χ1n) is 6.38. The van der Waals surface area contributed by atoms with Crippen molar-refractivity contribution in [3.63, 3.8) is 0 Å². The highest BCUT2D eigenvalue weighted by molar-refractivity contribution is 7.98. The monoisotopic (exact) mass is 273 g/mol. The summed E-state index contributed by atoms with van der Waals surface area (Å²) < 4.78 is 0. The van der Waals surface area contributed by atoms with Gasteiger partial charge in [0.15, 0.2) is 0 Å². The van der Waals surface area contributed by atoms with Gasteiger partial charge in [0.1, 0.15) is 5.75 Å². The van der Waals surface area contributed by atoms with E-state index in [4.69, 9.17) is 0 Å². The zero-order valence-electron chi connectivity index (χ0n) is 11.0. The largest absolute Gasteiger partial charge is 0.508 e. The summed E-state index contributed by atoms with van der Waals surface area (Å²) in [5, 5.41) is 13.1. The molecule has 0 heterocycles. The number of rotatable bonds is 6. The van der Waals surface area contributed by atoms with E-state index in [1.165, 1.54) is 5.56 Å². The number of para-hydroxylation sites is 1. The molecule has 2 rings (SSSR count). The maximum Gasteiger partial charge on any atom is 0.120 e. The van der Waals surface area contributed by atoms with Gasteiger partial charge < -0.3 is 10.4 Å². The third kappa shape index (κ3) is 4.01. The number of thioether (sulfide) groups is 1. The van der Waals surface area contributed by atoms with Gasteiger partial charge in [0.2, 0.25) is 0 Å². The smallest absolute Gasteiger partial charge is 0.120 e. The van der Waals surface area contributed by atoms with E-state index >= 15 is 0 Å². The van der Waals surface area contributed by atoms with Crippen molar-refractivity contribution in [2.24, 2.45) is 0 Å². The average molecular weight is 273 g/mol. The SMILES string of the molecule is CN[C@@H](CSCc1ccccc1)c1ccccc1O. The minimum Gasteiger partial charge on any atom is -0.508 e. The second-order valence-corrected chi connectivity index (χ2v) is 5.43. The van der Waals surface area contributed by atoms with E-state index in [-0.39, 0.29) is 6.04 Å². The lowest BCUT2D eigenvalue weighted by atomic mass is 10.1. The first-order chi connectivity index (χ1) is 9.31. The van der Waals surface area contributed by atoms with Gasteiger partial charge in [-0.2, -0.15) is 11.8 Å². The van der Waals surface area contributed by atoms with Gasteiger partial charge in [-0.05, 0) is 18.7 Å². The zero-order chi connectivity index (χ0) is 13.5. The molecule has 0 bridgehead atoms. The van der Waals surface area contributed by atoms with Crippen molar-refractivity contribution in [1.82, 2.24) is 5.32 Å². The molecular weight excluding hydrogens is 254 g/mol. The lowest BCUT2D eigenvalue weighted by Gasteiger charge is -2.17. The van der Waals surface area contributed by atoms with Crippen LogP contribution >= 0.6 is 11.8 Å². The molecule has 0 saturated heterocycles. The van der Waals surface area contributed by atoms with Crippen LogP contribution in [0.3, 0.4) is 0 Å². The van der Waals surface area contributed by atoms with E-state index in [9.17, 15) is 5.11 Å². The van der Waals surface area contributed by atoms with Crippen LogP contribution in [0.5, 0.6) is 5.75 Å². The minimum absolute atomic E-state index is 0.176. The molecule has 2 N–H and O–H groups in total. The van der Waals surface area contributed by atoms with E-state index < -0.39 is 0 Å². The fraction of sp³-hybridized carbons (Fsp3) is 0.250. The van der Waals surface area contributed by atoms with Gasteiger partial charge in [-0.1, -0.05) is 48.5 Å². The number of aromatic hydroxyl groups is 1. The van der Waals surface area contributed by atoms with Crippen LogP contribution in [0.4, 0.5) is 0 Å². The van der Waals surface area contributed by atoms with Crippen LogP contribution in [0.1, 0.15) is 17.2 Å². The highest BCUT2D eigenvalue weighted by atomic mass is 32.2. The molecule has 0 amide bonds. The van der Waals surface area contributed by atoms with E-state index in [1.54, 1.807) is 6.07 Å². The molecule has 0 aromatic heterocycles. The topological polar surface area (TPSA) is 32.3 Å². The van der Waals surface area contributed by atoms with Crippen LogP contribution in [0, 0.1) is 0 Å². The minimum atomic E-state index is 0.176. The molecule has 0 spiro atoms. The number of phenols is 1. The van der Waals surface area contributed by atoms with Crippen LogP contribution in [-0.2, 0) is 5.75 Å². The van der Waals surface area contributed by atoms with Crippen molar-refractivity contribution in [2.75, 3.05) is 12.8 Å². The van der Waals surface area contributed by atoms with E-state index in [0.29, 0.717) is 5.75 Å². The number of benzene rings is 2. The highest BCUT2D eigenvalue weighted by Crippen LogP contribution is 2.27. The Balaban J connectivity index is 1.92. The summed E-state index contributed by atoms with van der Waals surface area (Å²) in [6, 6.07) is 18.1. The van der Waals surface area contributed by atoms with E-state index in [2.05, 4.69) is 29.6 Å². The molecule has 3 heteroatoms. The summed E-state index contributed by atoms with van der Waals surface area (Å²) >= 11 is 1.87. The van der Waals surface area contributed by atoms with Crippen molar-refractivity contribution in [3.8, 4) is 5.75 Å². The maximum absolute atomic E-state index is 9.88. The molecule has 0 saturated carbocycles. The Bertz CT molecular complexity index is 501. The van der Waals surface area contributed by atoms with Gasteiger partial charge in [0.05, 0.1) is 0 Å². The molecule has 0 fully saturated rings. The molecule has 0 aliphatic carbocycles. The summed E-state index contributed by atoms with van der Waals surface area (Å²) in [4.78, 5) is 0. The number of hydrogen-bond acceptors (Lipinski definition) is 3. The lowest BCUT2D eigenvalue weighted by molar-refractivity contribution is 0.458. The molecule has 0 radical (unpaired) electrons. The first kappa shape index (κ1) is 14.0. The molecule has 2 nitrogen and oxygen atoms in total. The van der Waals surface area contributed by atoms with Crippen LogP contribution in [0.25, 0.3) is 0 Å². The summed E-state index contributed by atoms with van der Waals surface area (Å²) in [5.74, 6) is 2.29. The Morgan fingerprint density at radius 2 is 1.74 bits per heavy atom. The van der Waals surface area contributed by atoms with Crippen LogP contribution in [0.2, 0.25) is 0 Å². The van der Waals surface area contributed by atoms with Gasteiger partial charge in [-0.25, -0.2) is 0 Å². The van der Waals surface area contributed by atoms with Gasteiger partial charge in [-0.3, -0.25) is 0 Å². The van der Waals surface area contributed by atoms with Crippen molar-refractivity contribution in [2.45, 2.75) is 11.8 Å². The second kappa shape index (κ2) is 7.22. The van der Waals surface area contributed by atoms with Gasteiger partial charge >= 0.3 is 0 Å². The molecule has 1 atom stereocenters. The third-order valence-electron chi connectivity index (χ3n) is 3.06. The quantitative estimate of drug-likeness (QED) is 0.843. The number of phenolic OH excluding ortho intramolecular Hbond substituents is 1. The standard InChI is InChI=1S/C16H19NOS/c1-17-15(14-9-5-6-10-16(14)18)12-19-11-13-7-3-2-4-8-13/h2-10,15,17-18H,11-12H2,1H3/t15-/m0/s1. The van der Waals surface area contributed by atoms with Gasteiger partial charge in [0.25, 0.3) is 0 Å². The normalized spacial score (nSPS) is 12.3. The molecule has 0 aliphatic rings. The molecule has 2 aromatic carbocycles.